The van der Waals surface area contributed by atoms with Crippen LogP contribution in [0.5, 0.6) is 0 Å². The molecular weight excluding hydrogens is 206 g/mol. The van der Waals surface area contributed by atoms with Gasteiger partial charge in [-0.2, -0.15) is 0 Å². The molecule has 1 fully saturated rings. The molecule has 1 aliphatic rings. The van der Waals surface area contributed by atoms with Crippen LogP contribution in [0.2, 0.25) is 0 Å². The van der Waals surface area contributed by atoms with Crippen LogP contribution < -0.4 is 0 Å². The number of carbonyl (C=O) groups excluding carboxylic acids is 1. The minimum absolute atomic E-state index is 0.0670. The van der Waals surface area contributed by atoms with Gasteiger partial charge in [-0.05, 0) is 32.6 Å². The lowest BCUT2D eigenvalue weighted by Gasteiger charge is -2.24. The lowest BCUT2D eigenvalue weighted by Crippen LogP contribution is -2.22. The smallest absolute Gasteiger partial charge is 0.308 e. The molecule has 0 atom stereocenters. The second kappa shape index (κ2) is 4.68. The Labute approximate surface area is 95.0 Å². The maximum Gasteiger partial charge on any atom is 0.308 e. The quantitative estimate of drug-likeness (QED) is 0.722. The number of aryl methyl sites for hydroxylation is 1. The van der Waals surface area contributed by atoms with E-state index >= 15 is 0 Å². The van der Waals surface area contributed by atoms with Crippen molar-refractivity contribution in [3.05, 3.63) is 17.8 Å². The molecule has 1 saturated carbocycles. The third-order valence-corrected chi connectivity index (χ3v) is 3.25. The van der Waals surface area contributed by atoms with Crippen LogP contribution in [0.25, 0.3) is 0 Å². The molecule has 4 heteroatoms. The van der Waals surface area contributed by atoms with E-state index in [9.17, 15) is 4.79 Å². The van der Waals surface area contributed by atoms with Gasteiger partial charge in [0.2, 0.25) is 0 Å². The number of methoxy groups -OCH3 is 1. The number of aromatic nitrogens is 1. The molecule has 0 radical (unpaired) electrons. The Kier molecular flexibility index (Phi) is 3.27. The predicted molar refractivity (Wildman–Crippen MR) is 58.0 cm³/mol. The predicted octanol–water partition coefficient (Wildman–Crippen LogP) is 2.43. The first-order chi connectivity index (χ1) is 7.70. The zero-order valence-corrected chi connectivity index (χ0v) is 9.73. The third-order valence-electron chi connectivity index (χ3n) is 3.25. The summed E-state index contributed by atoms with van der Waals surface area (Å²) < 4.78 is 10.3. The normalized spacial score (nSPS) is 25.4. The fourth-order valence-electron chi connectivity index (χ4n) is 2.30. The Morgan fingerprint density at radius 3 is 2.62 bits per heavy atom. The Hall–Kier alpha value is -1.32. The number of rotatable bonds is 2. The first-order valence-electron chi connectivity index (χ1n) is 5.71. The molecule has 2 rings (SSSR count). The van der Waals surface area contributed by atoms with Gasteiger partial charge in [0, 0.05) is 5.92 Å². The van der Waals surface area contributed by atoms with Gasteiger partial charge in [-0.1, -0.05) is 0 Å². The summed E-state index contributed by atoms with van der Waals surface area (Å²) in [7, 11) is 1.45. The number of esters is 1. The fraction of sp³-hybridized carbons (Fsp3) is 0.667. The number of oxazole rings is 1. The van der Waals surface area contributed by atoms with E-state index in [-0.39, 0.29) is 11.9 Å². The zero-order valence-electron chi connectivity index (χ0n) is 9.73. The van der Waals surface area contributed by atoms with Gasteiger partial charge in [-0.25, -0.2) is 4.98 Å². The van der Waals surface area contributed by atoms with Gasteiger partial charge >= 0.3 is 5.97 Å². The van der Waals surface area contributed by atoms with Crippen molar-refractivity contribution in [3.63, 3.8) is 0 Å². The van der Waals surface area contributed by atoms with Crippen molar-refractivity contribution in [1.82, 2.24) is 4.98 Å². The summed E-state index contributed by atoms with van der Waals surface area (Å²) in [5.74, 6) is 2.03. The molecule has 0 aromatic carbocycles. The van der Waals surface area contributed by atoms with E-state index in [1.54, 1.807) is 6.20 Å². The lowest BCUT2D eigenvalue weighted by atomic mass is 9.82. The van der Waals surface area contributed by atoms with Crippen LogP contribution in [0.4, 0.5) is 0 Å². The van der Waals surface area contributed by atoms with Crippen molar-refractivity contribution in [2.75, 3.05) is 7.11 Å². The van der Waals surface area contributed by atoms with Gasteiger partial charge in [-0.15, -0.1) is 0 Å². The molecule has 1 aromatic heterocycles. The van der Waals surface area contributed by atoms with E-state index < -0.39 is 0 Å². The highest BCUT2D eigenvalue weighted by atomic mass is 16.5. The number of carbonyl (C=O) groups is 1. The molecule has 0 saturated heterocycles. The minimum Gasteiger partial charge on any atom is -0.469 e. The van der Waals surface area contributed by atoms with Crippen molar-refractivity contribution in [2.24, 2.45) is 5.92 Å². The Morgan fingerprint density at radius 1 is 1.44 bits per heavy atom. The highest BCUT2D eigenvalue weighted by Crippen LogP contribution is 2.35. The largest absolute Gasteiger partial charge is 0.469 e. The molecule has 0 bridgehead atoms. The summed E-state index contributed by atoms with van der Waals surface area (Å²) in [4.78, 5) is 15.6. The van der Waals surface area contributed by atoms with E-state index in [0.29, 0.717) is 5.92 Å². The van der Waals surface area contributed by atoms with Crippen LogP contribution >= 0.6 is 0 Å². The minimum atomic E-state index is -0.0814. The number of hydrogen-bond acceptors (Lipinski definition) is 4. The van der Waals surface area contributed by atoms with Crippen molar-refractivity contribution in [2.45, 2.75) is 38.5 Å². The summed E-state index contributed by atoms with van der Waals surface area (Å²) in [6.45, 7) is 1.90. The average molecular weight is 223 g/mol. The highest BCUT2D eigenvalue weighted by molar-refractivity contribution is 5.72. The molecule has 4 nitrogen and oxygen atoms in total. The van der Waals surface area contributed by atoms with Gasteiger partial charge in [0.1, 0.15) is 5.76 Å². The first-order valence-corrected chi connectivity index (χ1v) is 5.71. The number of nitrogens with zero attached hydrogens (tertiary/aromatic N) is 1. The molecular formula is C12H17NO3. The van der Waals surface area contributed by atoms with E-state index in [2.05, 4.69) is 4.98 Å². The SMILES string of the molecule is COC(=O)C1CCC(c2ncc(C)o2)CC1. The van der Waals surface area contributed by atoms with Gasteiger partial charge in [0.05, 0.1) is 19.2 Å². The molecule has 0 N–H and O–H groups in total. The Morgan fingerprint density at radius 2 is 2.12 bits per heavy atom. The molecule has 1 aromatic rings. The molecule has 0 spiro atoms. The van der Waals surface area contributed by atoms with Crippen molar-refractivity contribution in [1.29, 1.82) is 0 Å². The van der Waals surface area contributed by atoms with Crippen LogP contribution in [0.1, 0.15) is 43.3 Å². The molecule has 1 aliphatic carbocycles. The maximum absolute atomic E-state index is 11.4. The monoisotopic (exact) mass is 223 g/mol. The number of hydrogen-bond donors (Lipinski definition) is 0. The number of ether oxygens (including phenoxy) is 1. The molecule has 0 amide bonds. The van der Waals surface area contributed by atoms with E-state index in [4.69, 9.17) is 9.15 Å². The van der Waals surface area contributed by atoms with Crippen LogP contribution in [-0.4, -0.2) is 18.1 Å². The van der Waals surface area contributed by atoms with Crippen molar-refractivity contribution >= 4 is 5.97 Å². The second-order valence-electron chi connectivity index (χ2n) is 4.38. The molecule has 88 valence electrons. The van der Waals surface area contributed by atoms with Gasteiger partial charge in [0.15, 0.2) is 5.89 Å². The Bertz CT molecular complexity index is 364. The molecule has 16 heavy (non-hydrogen) atoms. The second-order valence-corrected chi connectivity index (χ2v) is 4.38. The highest BCUT2D eigenvalue weighted by Gasteiger charge is 2.29. The summed E-state index contributed by atoms with van der Waals surface area (Å²) in [6.07, 6.45) is 5.42. The molecule has 0 aliphatic heterocycles. The van der Waals surface area contributed by atoms with Crippen LogP contribution in [0.15, 0.2) is 10.6 Å². The lowest BCUT2D eigenvalue weighted by molar-refractivity contribution is -0.146. The average Bonchev–Trinajstić information content (AvgIpc) is 2.75. The maximum atomic E-state index is 11.4. The van der Waals surface area contributed by atoms with Crippen LogP contribution in [-0.2, 0) is 9.53 Å². The zero-order chi connectivity index (χ0) is 11.5. The summed E-state index contributed by atoms with van der Waals surface area (Å²) in [6, 6.07) is 0. The summed E-state index contributed by atoms with van der Waals surface area (Å²) >= 11 is 0. The molecule has 0 unspecified atom stereocenters. The standard InChI is InChI=1S/C12H17NO3/c1-8-7-13-11(16-8)9-3-5-10(6-4-9)12(14)15-2/h7,9-10H,3-6H2,1-2H3. The fourth-order valence-corrected chi connectivity index (χ4v) is 2.30. The first kappa shape index (κ1) is 11.2. The van der Waals surface area contributed by atoms with Gasteiger partial charge in [0.25, 0.3) is 0 Å². The summed E-state index contributed by atoms with van der Waals surface area (Å²) in [5, 5.41) is 0. The van der Waals surface area contributed by atoms with Crippen LogP contribution in [0, 0.1) is 12.8 Å². The van der Waals surface area contributed by atoms with E-state index in [1.165, 1.54) is 7.11 Å². The van der Waals surface area contributed by atoms with E-state index in [1.807, 2.05) is 6.92 Å². The van der Waals surface area contributed by atoms with Gasteiger partial charge in [-0.3, -0.25) is 4.79 Å². The third kappa shape index (κ3) is 2.26. The van der Waals surface area contributed by atoms with Crippen LogP contribution in [0.3, 0.4) is 0 Å². The van der Waals surface area contributed by atoms with Gasteiger partial charge < -0.3 is 9.15 Å². The Balaban J connectivity index is 1.92. The topological polar surface area (TPSA) is 52.3 Å². The molecule has 1 heterocycles. The summed E-state index contributed by atoms with van der Waals surface area (Å²) in [5.41, 5.74) is 0. The van der Waals surface area contributed by atoms with Crippen molar-refractivity contribution < 1.29 is 13.9 Å². The van der Waals surface area contributed by atoms with E-state index in [0.717, 1.165) is 37.3 Å². The van der Waals surface area contributed by atoms with Crippen molar-refractivity contribution in [3.8, 4) is 0 Å².